The van der Waals surface area contributed by atoms with Crippen molar-refractivity contribution in [3.05, 3.63) is 35.9 Å². The Morgan fingerprint density at radius 3 is 2.50 bits per heavy atom. The van der Waals surface area contributed by atoms with Crippen LogP contribution in [0.5, 0.6) is 0 Å². The molecule has 0 bridgehead atoms. The third kappa shape index (κ3) is 5.74. The Balaban J connectivity index is 2.04. The summed E-state index contributed by atoms with van der Waals surface area (Å²) < 4.78 is 5.55. The second-order valence-corrected chi connectivity index (χ2v) is 5.12. The number of hydrogen-bond acceptors (Lipinski definition) is 1. The molecule has 3 heteroatoms. The van der Waals surface area contributed by atoms with E-state index in [4.69, 9.17) is 27.9 Å². The summed E-state index contributed by atoms with van der Waals surface area (Å²) in [4.78, 5) is 0. The standard InChI is InChI=1S/C13H18Cl2O/c1-11(14)13(15)8-5-9-16-10-12-6-3-2-4-7-12/h2-4,6-7,11,13H,5,8-10H2,1H3/t11-,13+/m0/s1. The van der Waals surface area contributed by atoms with Gasteiger partial charge in [0.2, 0.25) is 0 Å². The smallest absolute Gasteiger partial charge is 0.0716 e. The van der Waals surface area contributed by atoms with E-state index in [0.717, 1.165) is 19.4 Å². The number of hydrogen-bond donors (Lipinski definition) is 0. The topological polar surface area (TPSA) is 9.23 Å². The van der Waals surface area contributed by atoms with Crippen LogP contribution in [0, 0.1) is 0 Å². The predicted molar refractivity (Wildman–Crippen MR) is 70.3 cm³/mol. The highest BCUT2D eigenvalue weighted by atomic mass is 35.5. The zero-order chi connectivity index (χ0) is 11.8. The fourth-order valence-electron chi connectivity index (χ4n) is 1.37. The van der Waals surface area contributed by atoms with Gasteiger partial charge in [-0.1, -0.05) is 30.3 Å². The van der Waals surface area contributed by atoms with E-state index < -0.39 is 0 Å². The minimum atomic E-state index is 0.0239. The summed E-state index contributed by atoms with van der Waals surface area (Å²) in [6.07, 6.45) is 1.86. The summed E-state index contributed by atoms with van der Waals surface area (Å²) in [5, 5.41) is 0.0674. The van der Waals surface area contributed by atoms with Crippen LogP contribution in [0.15, 0.2) is 30.3 Å². The Bertz CT molecular complexity index is 275. The predicted octanol–water partition coefficient (Wildman–Crippen LogP) is 4.22. The first kappa shape index (κ1) is 13.8. The van der Waals surface area contributed by atoms with Gasteiger partial charge in [0, 0.05) is 17.4 Å². The van der Waals surface area contributed by atoms with E-state index in [-0.39, 0.29) is 10.8 Å². The van der Waals surface area contributed by atoms with Crippen molar-refractivity contribution in [3.63, 3.8) is 0 Å². The monoisotopic (exact) mass is 260 g/mol. The van der Waals surface area contributed by atoms with E-state index in [1.165, 1.54) is 5.56 Å². The summed E-state index contributed by atoms with van der Waals surface area (Å²) >= 11 is 11.9. The van der Waals surface area contributed by atoms with Gasteiger partial charge >= 0.3 is 0 Å². The van der Waals surface area contributed by atoms with Crippen molar-refractivity contribution in [1.82, 2.24) is 0 Å². The van der Waals surface area contributed by atoms with E-state index in [1.807, 2.05) is 25.1 Å². The fourth-order valence-corrected chi connectivity index (χ4v) is 1.65. The van der Waals surface area contributed by atoms with Gasteiger partial charge in [-0.2, -0.15) is 0 Å². The summed E-state index contributed by atoms with van der Waals surface area (Å²) in [7, 11) is 0. The molecule has 0 aliphatic carbocycles. The molecule has 0 heterocycles. The third-order valence-corrected chi connectivity index (χ3v) is 3.41. The molecular weight excluding hydrogens is 243 g/mol. The molecule has 1 rings (SSSR count). The van der Waals surface area contributed by atoms with E-state index in [0.29, 0.717) is 6.61 Å². The van der Waals surface area contributed by atoms with Crippen molar-refractivity contribution in [3.8, 4) is 0 Å². The van der Waals surface area contributed by atoms with Gasteiger partial charge in [-0.05, 0) is 25.3 Å². The molecule has 0 aliphatic heterocycles. The number of halogens is 2. The molecule has 16 heavy (non-hydrogen) atoms. The first-order chi connectivity index (χ1) is 7.70. The molecule has 0 unspecified atom stereocenters. The average Bonchev–Trinajstić information content (AvgIpc) is 2.29. The number of ether oxygens (including phenoxy) is 1. The molecule has 0 aliphatic rings. The zero-order valence-electron chi connectivity index (χ0n) is 9.53. The maximum absolute atomic E-state index is 6.02. The van der Waals surface area contributed by atoms with Gasteiger partial charge in [0.1, 0.15) is 0 Å². The highest BCUT2D eigenvalue weighted by molar-refractivity contribution is 6.29. The van der Waals surface area contributed by atoms with Crippen molar-refractivity contribution in [1.29, 1.82) is 0 Å². The first-order valence-corrected chi connectivity index (χ1v) is 6.47. The lowest BCUT2D eigenvalue weighted by atomic mass is 10.2. The van der Waals surface area contributed by atoms with Crippen molar-refractivity contribution in [2.45, 2.75) is 37.1 Å². The number of rotatable bonds is 7. The minimum Gasteiger partial charge on any atom is -0.377 e. The van der Waals surface area contributed by atoms with Crippen molar-refractivity contribution >= 4 is 23.2 Å². The molecule has 1 nitrogen and oxygen atoms in total. The normalized spacial score (nSPS) is 14.7. The molecule has 0 fully saturated rings. The van der Waals surface area contributed by atoms with Gasteiger partial charge in [0.15, 0.2) is 0 Å². The summed E-state index contributed by atoms with van der Waals surface area (Å²) in [6, 6.07) is 10.2. The van der Waals surface area contributed by atoms with Crippen LogP contribution in [0.25, 0.3) is 0 Å². The van der Waals surface area contributed by atoms with E-state index >= 15 is 0 Å². The molecule has 0 saturated heterocycles. The highest BCUT2D eigenvalue weighted by Gasteiger charge is 2.10. The second-order valence-electron chi connectivity index (χ2n) is 3.87. The fraction of sp³-hybridized carbons (Fsp3) is 0.538. The Hall–Kier alpha value is -0.240. The van der Waals surface area contributed by atoms with Gasteiger partial charge in [-0.15, -0.1) is 23.2 Å². The summed E-state index contributed by atoms with van der Waals surface area (Å²) in [5.41, 5.74) is 1.20. The van der Waals surface area contributed by atoms with Crippen LogP contribution in [-0.2, 0) is 11.3 Å². The summed E-state index contributed by atoms with van der Waals surface area (Å²) in [5.74, 6) is 0. The highest BCUT2D eigenvalue weighted by Crippen LogP contribution is 2.15. The van der Waals surface area contributed by atoms with Crippen LogP contribution in [0.2, 0.25) is 0 Å². The Labute approximate surface area is 108 Å². The minimum absolute atomic E-state index is 0.0239. The molecule has 0 spiro atoms. The van der Waals surface area contributed by atoms with Crippen molar-refractivity contribution in [2.75, 3.05) is 6.61 Å². The first-order valence-electron chi connectivity index (χ1n) is 5.60. The SMILES string of the molecule is C[C@H](Cl)[C@H](Cl)CCCOCc1ccccc1. The van der Waals surface area contributed by atoms with Crippen LogP contribution in [0.3, 0.4) is 0 Å². The summed E-state index contributed by atoms with van der Waals surface area (Å²) in [6.45, 7) is 3.33. The molecule has 0 radical (unpaired) electrons. The van der Waals surface area contributed by atoms with Gasteiger partial charge in [-0.25, -0.2) is 0 Å². The molecule has 90 valence electrons. The Morgan fingerprint density at radius 1 is 1.19 bits per heavy atom. The Kier molecular flexibility index (Phi) is 6.86. The average molecular weight is 261 g/mol. The van der Waals surface area contributed by atoms with Gasteiger partial charge in [0.05, 0.1) is 6.61 Å². The van der Waals surface area contributed by atoms with Gasteiger partial charge < -0.3 is 4.74 Å². The number of benzene rings is 1. The van der Waals surface area contributed by atoms with Crippen molar-refractivity contribution in [2.24, 2.45) is 0 Å². The van der Waals surface area contributed by atoms with Gasteiger partial charge in [-0.3, -0.25) is 0 Å². The lowest BCUT2D eigenvalue weighted by molar-refractivity contribution is 0.117. The molecule has 0 N–H and O–H groups in total. The lowest BCUT2D eigenvalue weighted by Gasteiger charge is -2.11. The maximum atomic E-state index is 6.02. The van der Waals surface area contributed by atoms with Crippen LogP contribution in [0.4, 0.5) is 0 Å². The molecule has 0 saturated carbocycles. The molecule has 0 aromatic heterocycles. The molecule has 2 atom stereocenters. The van der Waals surface area contributed by atoms with E-state index in [2.05, 4.69) is 12.1 Å². The van der Waals surface area contributed by atoms with Crippen LogP contribution in [0.1, 0.15) is 25.3 Å². The molecule has 0 amide bonds. The van der Waals surface area contributed by atoms with Gasteiger partial charge in [0.25, 0.3) is 0 Å². The van der Waals surface area contributed by atoms with E-state index in [9.17, 15) is 0 Å². The quantitative estimate of drug-likeness (QED) is 0.527. The maximum Gasteiger partial charge on any atom is 0.0716 e. The Morgan fingerprint density at radius 2 is 1.88 bits per heavy atom. The van der Waals surface area contributed by atoms with Crippen LogP contribution < -0.4 is 0 Å². The number of alkyl halides is 2. The van der Waals surface area contributed by atoms with Crippen molar-refractivity contribution < 1.29 is 4.74 Å². The zero-order valence-corrected chi connectivity index (χ0v) is 11.0. The second kappa shape index (κ2) is 7.94. The third-order valence-electron chi connectivity index (χ3n) is 2.38. The van der Waals surface area contributed by atoms with Crippen LogP contribution >= 0.6 is 23.2 Å². The van der Waals surface area contributed by atoms with E-state index in [1.54, 1.807) is 0 Å². The molecule has 1 aromatic rings. The molecule has 1 aromatic carbocycles. The molecular formula is C13H18Cl2O. The van der Waals surface area contributed by atoms with Crippen LogP contribution in [-0.4, -0.2) is 17.4 Å². The largest absolute Gasteiger partial charge is 0.377 e. The lowest BCUT2D eigenvalue weighted by Crippen LogP contribution is -2.11.